The fraction of sp³-hybridized carbons (Fsp3) is 0.250. The molecular weight excluding hydrogens is 428 g/mol. The number of ketones is 1. The highest BCUT2D eigenvalue weighted by Gasteiger charge is 2.30. The number of halogens is 1. The Morgan fingerprint density at radius 3 is 2.62 bits per heavy atom. The molecule has 5 heteroatoms. The summed E-state index contributed by atoms with van der Waals surface area (Å²) in [5, 5.41) is 1.17. The van der Waals surface area contributed by atoms with Crippen molar-refractivity contribution < 1.29 is 9.59 Å². The maximum atomic E-state index is 12.7. The summed E-state index contributed by atoms with van der Waals surface area (Å²) in [4.78, 5) is 26.0. The summed E-state index contributed by atoms with van der Waals surface area (Å²) in [6.07, 6.45) is 4.77. The molecule has 1 fully saturated rings. The van der Waals surface area contributed by atoms with Crippen LogP contribution in [0.2, 0.25) is 0 Å². The molecular formula is C24H23BrN2O2. The number of rotatable bonds is 7. The van der Waals surface area contributed by atoms with Crippen LogP contribution in [0.4, 0.5) is 0 Å². The molecule has 1 saturated heterocycles. The molecule has 0 N–H and O–H groups in total. The van der Waals surface area contributed by atoms with Crippen LogP contribution < -0.4 is 0 Å². The molecule has 148 valence electrons. The molecule has 0 radical (unpaired) electrons. The van der Waals surface area contributed by atoms with Crippen molar-refractivity contribution in [2.24, 2.45) is 5.92 Å². The SMILES string of the molecule is C=CC(=O)N1CC(CC(=O)Cn2cc(Cc3ccccc3)c3cc(Br)ccc32)C1. The monoisotopic (exact) mass is 450 g/mol. The van der Waals surface area contributed by atoms with Gasteiger partial charge in [-0.3, -0.25) is 9.59 Å². The van der Waals surface area contributed by atoms with Crippen molar-refractivity contribution in [3.05, 3.63) is 83.0 Å². The number of fused-ring (bicyclic) bond motifs is 1. The lowest BCUT2D eigenvalue weighted by molar-refractivity contribution is -0.134. The van der Waals surface area contributed by atoms with Gasteiger partial charge in [0.1, 0.15) is 0 Å². The summed E-state index contributed by atoms with van der Waals surface area (Å²) >= 11 is 3.57. The predicted octanol–water partition coefficient (Wildman–Crippen LogP) is 4.60. The van der Waals surface area contributed by atoms with E-state index < -0.39 is 0 Å². The third kappa shape index (κ3) is 4.35. The van der Waals surface area contributed by atoms with E-state index in [0.717, 1.165) is 16.4 Å². The Morgan fingerprint density at radius 2 is 1.90 bits per heavy atom. The van der Waals surface area contributed by atoms with Gasteiger partial charge in [-0.15, -0.1) is 0 Å². The van der Waals surface area contributed by atoms with Crippen molar-refractivity contribution in [3.8, 4) is 0 Å². The summed E-state index contributed by atoms with van der Waals surface area (Å²) in [5.74, 6) is 0.402. The predicted molar refractivity (Wildman–Crippen MR) is 119 cm³/mol. The third-order valence-corrected chi connectivity index (χ3v) is 5.96. The lowest BCUT2D eigenvalue weighted by atomic mass is 9.94. The quantitative estimate of drug-likeness (QED) is 0.493. The van der Waals surface area contributed by atoms with Crippen LogP contribution in [0, 0.1) is 5.92 Å². The van der Waals surface area contributed by atoms with E-state index in [9.17, 15) is 9.59 Å². The van der Waals surface area contributed by atoms with Crippen LogP contribution in [0.3, 0.4) is 0 Å². The molecule has 3 aromatic rings. The zero-order valence-electron chi connectivity index (χ0n) is 16.2. The van der Waals surface area contributed by atoms with Crippen molar-refractivity contribution in [1.82, 2.24) is 9.47 Å². The minimum absolute atomic E-state index is 0.0544. The first-order valence-corrected chi connectivity index (χ1v) is 10.6. The normalized spacial score (nSPS) is 14.0. The first-order chi connectivity index (χ1) is 14.0. The smallest absolute Gasteiger partial charge is 0.245 e. The summed E-state index contributed by atoms with van der Waals surface area (Å²) < 4.78 is 3.10. The molecule has 1 amide bonds. The van der Waals surface area contributed by atoms with Crippen molar-refractivity contribution in [3.63, 3.8) is 0 Å². The van der Waals surface area contributed by atoms with Crippen LogP contribution in [0.15, 0.2) is 71.9 Å². The molecule has 1 aliphatic rings. The molecule has 0 saturated carbocycles. The maximum Gasteiger partial charge on any atom is 0.245 e. The Morgan fingerprint density at radius 1 is 1.14 bits per heavy atom. The van der Waals surface area contributed by atoms with E-state index in [1.165, 1.54) is 22.6 Å². The first-order valence-electron chi connectivity index (χ1n) is 9.77. The van der Waals surface area contributed by atoms with Gasteiger partial charge in [-0.05, 0) is 41.8 Å². The molecule has 29 heavy (non-hydrogen) atoms. The average Bonchev–Trinajstić information content (AvgIpc) is 3.01. The van der Waals surface area contributed by atoms with Crippen LogP contribution in [0.25, 0.3) is 10.9 Å². The number of Topliss-reactive ketones (excluding diaryl/α,β-unsaturated/α-hetero) is 1. The molecule has 0 atom stereocenters. The van der Waals surface area contributed by atoms with E-state index >= 15 is 0 Å². The van der Waals surface area contributed by atoms with Crippen molar-refractivity contribution in [1.29, 1.82) is 0 Å². The van der Waals surface area contributed by atoms with Crippen molar-refractivity contribution in [2.45, 2.75) is 19.4 Å². The number of aromatic nitrogens is 1. The van der Waals surface area contributed by atoms with Crippen LogP contribution >= 0.6 is 15.9 Å². The second-order valence-electron chi connectivity index (χ2n) is 7.66. The third-order valence-electron chi connectivity index (χ3n) is 5.47. The van der Waals surface area contributed by atoms with Crippen LogP contribution in [0.5, 0.6) is 0 Å². The molecule has 0 unspecified atom stereocenters. The molecule has 4 nitrogen and oxygen atoms in total. The first kappa shape index (κ1) is 19.6. The van der Waals surface area contributed by atoms with E-state index in [0.29, 0.717) is 26.1 Å². The highest BCUT2D eigenvalue weighted by Crippen LogP contribution is 2.28. The average molecular weight is 451 g/mol. The molecule has 0 bridgehead atoms. The molecule has 2 heterocycles. The zero-order valence-corrected chi connectivity index (χ0v) is 17.8. The summed E-state index contributed by atoms with van der Waals surface area (Å²) in [5.41, 5.74) is 3.54. The number of likely N-dealkylation sites (tertiary alicyclic amines) is 1. The van der Waals surface area contributed by atoms with Crippen LogP contribution in [0.1, 0.15) is 17.5 Å². The molecule has 2 aromatic carbocycles. The van der Waals surface area contributed by atoms with Gasteiger partial charge in [-0.1, -0.05) is 52.8 Å². The Balaban J connectivity index is 1.49. The van der Waals surface area contributed by atoms with E-state index in [1.54, 1.807) is 4.90 Å². The maximum absolute atomic E-state index is 12.7. The van der Waals surface area contributed by atoms with E-state index in [-0.39, 0.29) is 17.6 Å². The molecule has 1 aromatic heterocycles. The molecule has 4 rings (SSSR count). The Bertz CT molecular complexity index is 1070. The highest BCUT2D eigenvalue weighted by atomic mass is 79.9. The lowest BCUT2D eigenvalue weighted by Crippen LogP contribution is -2.50. The standard InChI is InChI=1S/C24H23BrN2O2/c1-2-24(29)27-13-18(14-27)11-21(28)16-26-15-19(10-17-6-4-3-5-7-17)22-12-20(25)8-9-23(22)26/h2-9,12,15,18H,1,10-11,13-14,16H2. The van der Waals surface area contributed by atoms with Gasteiger partial charge in [0.2, 0.25) is 5.91 Å². The van der Waals surface area contributed by atoms with Gasteiger partial charge in [0.25, 0.3) is 0 Å². The second kappa shape index (κ2) is 8.37. The van der Waals surface area contributed by atoms with Gasteiger partial charge in [-0.2, -0.15) is 0 Å². The Kier molecular flexibility index (Phi) is 5.67. The minimum Gasteiger partial charge on any atom is -0.340 e. The second-order valence-corrected chi connectivity index (χ2v) is 8.58. The summed E-state index contributed by atoms with van der Waals surface area (Å²) in [6, 6.07) is 16.6. The van der Waals surface area contributed by atoms with E-state index in [2.05, 4.69) is 57.5 Å². The molecule has 1 aliphatic heterocycles. The number of nitrogens with zero attached hydrogens (tertiary/aromatic N) is 2. The number of hydrogen-bond acceptors (Lipinski definition) is 2. The number of benzene rings is 2. The fourth-order valence-electron chi connectivity index (χ4n) is 4.02. The largest absolute Gasteiger partial charge is 0.340 e. The van der Waals surface area contributed by atoms with Gasteiger partial charge >= 0.3 is 0 Å². The summed E-state index contributed by atoms with van der Waals surface area (Å²) in [6.45, 7) is 5.16. The summed E-state index contributed by atoms with van der Waals surface area (Å²) in [7, 11) is 0. The van der Waals surface area contributed by atoms with Crippen LogP contribution in [-0.2, 0) is 22.6 Å². The molecule has 0 aliphatic carbocycles. The Labute approximate surface area is 178 Å². The lowest BCUT2D eigenvalue weighted by Gasteiger charge is -2.38. The van der Waals surface area contributed by atoms with E-state index in [1.807, 2.05) is 24.3 Å². The number of carbonyl (C=O) groups is 2. The van der Waals surface area contributed by atoms with Crippen LogP contribution in [-0.4, -0.2) is 34.2 Å². The van der Waals surface area contributed by atoms with Crippen molar-refractivity contribution in [2.75, 3.05) is 13.1 Å². The Hall–Kier alpha value is -2.66. The van der Waals surface area contributed by atoms with Gasteiger partial charge in [0.15, 0.2) is 5.78 Å². The van der Waals surface area contributed by atoms with Gasteiger partial charge in [0.05, 0.1) is 6.54 Å². The van der Waals surface area contributed by atoms with Gasteiger partial charge < -0.3 is 9.47 Å². The van der Waals surface area contributed by atoms with Gasteiger partial charge in [0, 0.05) is 47.0 Å². The van der Waals surface area contributed by atoms with Gasteiger partial charge in [-0.25, -0.2) is 0 Å². The number of carbonyl (C=O) groups excluding carboxylic acids is 2. The number of amides is 1. The topological polar surface area (TPSA) is 42.3 Å². The minimum atomic E-state index is -0.0544. The zero-order chi connectivity index (χ0) is 20.4. The molecule has 0 spiro atoms. The highest BCUT2D eigenvalue weighted by molar-refractivity contribution is 9.10. The van der Waals surface area contributed by atoms with Crippen molar-refractivity contribution >= 4 is 38.5 Å². The van der Waals surface area contributed by atoms with E-state index in [4.69, 9.17) is 0 Å². The number of hydrogen-bond donors (Lipinski definition) is 0. The fourth-order valence-corrected chi connectivity index (χ4v) is 4.38.